The van der Waals surface area contributed by atoms with Crippen molar-refractivity contribution in [3.63, 3.8) is 0 Å². The summed E-state index contributed by atoms with van der Waals surface area (Å²) < 4.78 is 5.75. The molecule has 0 saturated heterocycles. The van der Waals surface area contributed by atoms with Crippen LogP contribution in [0.1, 0.15) is 53.9 Å². The second kappa shape index (κ2) is 11.8. The molecule has 0 radical (unpaired) electrons. The second-order valence-corrected chi connectivity index (χ2v) is 4.81. The van der Waals surface area contributed by atoms with Crippen molar-refractivity contribution >= 4 is 0 Å². The van der Waals surface area contributed by atoms with Gasteiger partial charge in [0.05, 0.1) is 0 Å². The third-order valence-electron chi connectivity index (χ3n) is 2.69. The fourth-order valence-electron chi connectivity index (χ4n) is 1.67. The number of ether oxygens (including phenoxy) is 1. The van der Waals surface area contributed by atoms with Crippen molar-refractivity contribution in [1.82, 2.24) is 0 Å². The molecule has 1 heteroatoms. The van der Waals surface area contributed by atoms with Crippen LogP contribution in [0.25, 0.3) is 0 Å². The lowest BCUT2D eigenvalue weighted by Gasteiger charge is -2.07. The number of allylic oxidation sites excluding steroid dienone is 6. The van der Waals surface area contributed by atoms with Crippen LogP contribution >= 0.6 is 0 Å². The molecular weight excluding hydrogens is 232 g/mol. The van der Waals surface area contributed by atoms with Crippen LogP contribution in [0.4, 0.5) is 0 Å². The SMILES string of the molecule is CC/C=C\C(=C/CC)OC/C=C\C(=C/CC)C(C)C. The Morgan fingerprint density at radius 1 is 0.895 bits per heavy atom. The number of hydrogen-bond acceptors (Lipinski definition) is 1. The first-order valence-electron chi connectivity index (χ1n) is 7.51. The zero-order valence-corrected chi connectivity index (χ0v) is 13.3. The van der Waals surface area contributed by atoms with Gasteiger partial charge in [0.1, 0.15) is 12.4 Å². The monoisotopic (exact) mass is 262 g/mol. The average Bonchev–Trinajstić information content (AvgIpc) is 2.39. The summed E-state index contributed by atoms with van der Waals surface area (Å²) in [6.45, 7) is 11.5. The van der Waals surface area contributed by atoms with Crippen LogP contribution in [0.15, 0.2) is 47.8 Å². The van der Waals surface area contributed by atoms with Crippen LogP contribution in [-0.2, 0) is 4.74 Å². The largest absolute Gasteiger partial charge is 0.490 e. The first-order chi connectivity index (χ1) is 9.15. The maximum Gasteiger partial charge on any atom is 0.115 e. The average molecular weight is 262 g/mol. The molecule has 0 aliphatic carbocycles. The first-order valence-corrected chi connectivity index (χ1v) is 7.51. The minimum Gasteiger partial charge on any atom is -0.490 e. The molecule has 0 heterocycles. The maximum atomic E-state index is 5.75. The smallest absolute Gasteiger partial charge is 0.115 e. The predicted molar refractivity (Wildman–Crippen MR) is 86.1 cm³/mol. The van der Waals surface area contributed by atoms with Gasteiger partial charge in [-0.15, -0.1) is 0 Å². The zero-order valence-electron chi connectivity index (χ0n) is 13.3. The van der Waals surface area contributed by atoms with Gasteiger partial charge in [-0.2, -0.15) is 0 Å². The van der Waals surface area contributed by atoms with Crippen LogP contribution in [0.2, 0.25) is 0 Å². The van der Waals surface area contributed by atoms with E-state index in [0.717, 1.165) is 25.0 Å². The van der Waals surface area contributed by atoms with E-state index in [2.05, 4.69) is 71.1 Å². The summed E-state index contributed by atoms with van der Waals surface area (Å²) in [5.41, 5.74) is 1.39. The molecule has 0 amide bonds. The van der Waals surface area contributed by atoms with Crippen LogP contribution in [0, 0.1) is 5.92 Å². The number of rotatable bonds is 9. The minimum absolute atomic E-state index is 0.571. The van der Waals surface area contributed by atoms with Crippen molar-refractivity contribution in [2.24, 2.45) is 5.92 Å². The first kappa shape index (κ1) is 17.8. The predicted octanol–water partition coefficient (Wildman–Crippen LogP) is 5.81. The van der Waals surface area contributed by atoms with Gasteiger partial charge in [0.15, 0.2) is 0 Å². The van der Waals surface area contributed by atoms with Crippen LogP contribution < -0.4 is 0 Å². The Morgan fingerprint density at radius 2 is 1.58 bits per heavy atom. The highest BCUT2D eigenvalue weighted by Gasteiger charge is 1.97. The highest BCUT2D eigenvalue weighted by molar-refractivity contribution is 5.21. The normalized spacial score (nSPS) is 14.0. The molecule has 0 aromatic heterocycles. The molecule has 0 aromatic rings. The van der Waals surface area contributed by atoms with Gasteiger partial charge in [-0.1, -0.05) is 52.8 Å². The Labute approximate surface area is 119 Å². The lowest BCUT2D eigenvalue weighted by atomic mass is 10.0. The summed E-state index contributed by atoms with van der Waals surface area (Å²) in [5, 5.41) is 0. The lowest BCUT2D eigenvalue weighted by Crippen LogP contribution is -1.93. The van der Waals surface area contributed by atoms with Gasteiger partial charge in [0.2, 0.25) is 0 Å². The molecule has 0 rings (SSSR count). The van der Waals surface area contributed by atoms with E-state index in [9.17, 15) is 0 Å². The highest BCUT2D eigenvalue weighted by Crippen LogP contribution is 2.12. The van der Waals surface area contributed by atoms with Crippen molar-refractivity contribution in [3.05, 3.63) is 47.8 Å². The van der Waals surface area contributed by atoms with Gasteiger partial charge in [-0.05, 0) is 49.0 Å². The van der Waals surface area contributed by atoms with Gasteiger partial charge in [0, 0.05) is 0 Å². The standard InChI is InChI=1S/C18H30O/c1-6-9-14-18(12-8-3)19-15-10-13-17(11-7-2)16(4)5/h9-14,16H,6-8,15H2,1-5H3/b13-10-,14-9-,17-11+,18-12+. The Balaban J connectivity index is 4.35. The molecule has 19 heavy (non-hydrogen) atoms. The summed E-state index contributed by atoms with van der Waals surface area (Å²) in [6.07, 6.45) is 16.0. The molecule has 0 aliphatic heterocycles. The molecule has 0 saturated carbocycles. The van der Waals surface area contributed by atoms with E-state index in [-0.39, 0.29) is 0 Å². The van der Waals surface area contributed by atoms with E-state index in [1.54, 1.807) is 0 Å². The second-order valence-electron chi connectivity index (χ2n) is 4.81. The Bertz CT molecular complexity index is 330. The minimum atomic E-state index is 0.571. The fourth-order valence-corrected chi connectivity index (χ4v) is 1.67. The fraction of sp³-hybridized carbons (Fsp3) is 0.556. The summed E-state index contributed by atoms with van der Waals surface area (Å²) in [5.74, 6) is 1.54. The molecule has 0 unspecified atom stereocenters. The Hall–Kier alpha value is -1.24. The maximum absolute atomic E-state index is 5.75. The van der Waals surface area contributed by atoms with Crippen LogP contribution in [-0.4, -0.2) is 6.61 Å². The van der Waals surface area contributed by atoms with E-state index in [0.29, 0.717) is 12.5 Å². The third-order valence-corrected chi connectivity index (χ3v) is 2.69. The summed E-state index contributed by atoms with van der Waals surface area (Å²) in [6, 6.07) is 0. The molecule has 0 atom stereocenters. The van der Waals surface area contributed by atoms with Gasteiger partial charge >= 0.3 is 0 Å². The van der Waals surface area contributed by atoms with E-state index in [4.69, 9.17) is 4.74 Å². The van der Waals surface area contributed by atoms with Crippen LogP contribution in [0.5, 0.6) is 0 Å². The molecule has 0 N–H and O–H groups in total. The molecule has 108 valence electrons. The van der Waals surface area contributed by atoms with Crippen molar-refractivity contribution < 1.29 is 4.74 Å². The topological polar surface area (TPSA) is 9.23 Å². The van der Waals surface area contributed by atoms with Crippen molar-refractivity contribution in [2.45, 2.75) is 53.9 Å². The molecule has 1 nitrogen and oxygen atoms in total. The molecular formula is C18H30O. The summed E-state index contributed by atoms with van der Waals surface area (Å²) in [4.78, 5) is 0. The van der Waals surface area contributed by atoms with Crippen molar-refractivity contribution in [2.75, 3.05) is 6.61 Å². The van der Waals surface area contributed by atoms with Gasteiger partial charge in [-0.25, -0.2) is 0 Å². The quantitative estimate of drug-likeness (QED) is 0.376. The Morgan fingerprint density at radius 3 is 2.11 bits per heavy atom. The van der Waals surface area contributed by atoms with Gasteiger partial charge in [0.25, 0.3) is 0 Å². The Kier molecular flexibility index (Phi) is 11.1. The van der Waals surface area contributed by atoms with Crippen molar-refractivity contribution in [1.29, 1.82) is 0 Å². The van der Waals surface area contributed by atoms with Gasteiger partial charge in [-0.3, -0.25) is 0 Å². The van der Waals surface area contributed by atoms with E-state index >= 15 is 0 Å². The van der Waals surface area contributed by atoms with E-state index < -0.39 is 0 Å². The third kappa shape index (κ3) is 9.35. The highest BCUT2D eigenvalue weighted by atomic mass is 16.5. The molecule has 0 aromatic carbocycles. The van der Waals surface area contributed by atoms with E-state index in [1.807, 2.05) is 0 Å². The van der Waals surface area contributed by atoms with Crippen molar-refractivity contribution in [3.8, 4) is 0 Å². The summed E-state index contributed by atoms with van der Waals surface area (Å²) in [7, 11) is 0. The number of hydrogen-bond donors (Lipinski definition) is 0. The molecule has 0 fully saturated rings. The summed E-state index contributed by atoms with van der Waals surface area (Å²) >= 11 is 0. The molecule has 0 aliphatic rings. The van der Waals surface area contributed by atoms with Gasteiger partial charge < -0.3 is 4.74 Å². The van der Waals surface area contributed by atoms with E-state index in [1.165, 1.54) is 5.57 Å². The molecule has 0 spiro atoms. The lowest BCUT2D eigenvalue weighted by molar-refractivity contribution is 0.260. The van der Waals surface area contributed by atoms with Crippen LogP contribution in [0.3, 0.4) is 0 Å². The zero-order chi connectivity index (χ0) is 14.5. The molecule has 0 bridgehead atoms.